The van der Waals surface area contributed by atoms with Gasteiger partial charge < -0.3 is 20.7 Å². The second-order valence-corrected chi connectivity index (χ2v) is 7.25. The number of carbonyl (C=O) groups is 2. The molecule has 1 unspecified atom stereocenters. The molecule has 0 aliphatic carbocycles. The molecule has 1 aromatic carbocycles. The van der Waals surface area contributed by atoms with Crippen molar-refractivity contribution in [1.82, 2.24) is 14.9 Å². The van der Waals surface area contributed by atoms with Crippen LogP contribution in [0.15, 0.2) is 35.3 Å². The highest BCUT2D eigenvalue weighted by molar-refractivity contribution is 5.98. The van der Waals surface area contributed by atoms with Crippen LogP contribution in [0.3, 0.4) is 0 Å². The Morgan fingerprint density at radius 2 is 1.91 bits per heavy atom. The average Bonchev–Trinajstić information content (AvgIpc) is 2.73. The third-order valence-corrected chi connectivity index (χ3v) is 5.10. The van der Waals surface area contributed by atoms with Gasteiger partial charge in [-0.05, 0) is 13.3 Å². The third kappa shape index (κ3) is 4.46. The van der Waals surface area contributed by atoms with Gasteiger partial charge in [-0.25, -0.2) is 13.2 Å². The van der Waals surface area contributed by atoms with Crippen molar-refractivity contribution in [2.45, 2.75) is 25.9 Å². The van der Waals surface area contributed by atoms with Crippen LogP contribution in [0.25, 0.3) is 0 Å². The van der Waals surface area contributed by atoms with E-state index < -0.39 is 58.1 Å². The lowest BCUT2D eigenvalue weighted by Crippen LogP contribution is -2.40. The Kier molecular flexibility index (Phi) is 6.56. The minimum atomic E-state index is -1.20. The fraction of sp³-hybridized carbons (Fsp3) is 0.286. The predicted octanol–water partition coefficient (Wildman–Crippen LogP) is 1.87. The van der Waals surface area contributed by atoms with E-state index in [-0.39, 0.29) is 11.7 Å². The van der Waals surface area contributed by atoms with Gasteiger partial charge in [0.15, 0.2) is 11.4 Å². The molecule has 32 heavy (non-hydrogen) atoms. The lowest BCUT2D eigenvalue weighted by molar-refractivity contribution is 0.0753. The van der Waals surface area contributed by atoms with Crippen LogP contribution in [0.1, 0.15) is 39.8 Å². The number of halogens is 3. The van der Waals surface area contributed by atoms with Gasteiger partial charge in [-0.2, -0.15) is 0 Å². The molecule has 1 aromatic heterocycles. The van der Waals surface area contributed by atoms with Crippen LogP contribution in [0.2, 0.25) is 0 Å². The zero-order valence-corrected chi connectivity index (χ0v) is 17.3. The van der Waals surface area contributed by atoms with E-state index >= 15 is 0 Å². The first-order chi connectivity index (χ1) is 15.1. The second kappa shape index (κ2) is 9.16. The van der Waals surface area contributed by atoms with Gasteiger partial charge in [0.05, 0.1) is 0 Å². The number of nitrogens with one attached hydrogen (secondary N) is 2. The van der Waals surface area contributed by atoms with Crippen molar-refractivity contribution in [3.63, 3.8) is 0 Å². The Morgan fingerprint density at radius 3 is 2.56 bits per heavy atom. The lowest BCUT2D eigenvalue weighted by atomic mass is 10.1. The largest absolute Gasteiger partial charge is 0.502 e. The number of hydrogen-bond donors (Lipinski definition) is 3. The quantitative estimate of drug-likeness (QED) is 0.620. The number of carbonyl (C=O) groups excluding carboxylic acids is 2. The van der Waals surface area contributed by atoms with Crippen molar-refractivity contribution < 1.29 is 27.9 Å². The van der Waals surface area contributed by atoms with Crippen LogP contribution in [0.5, 0.6) is 5.75 Å². The van der Waals surface area contributed by atoms with Crippen LogP contribution in [-0.2, 0) is 6.54 Å². The van der Waals surface area contributed by atoms with E-state index in [9.17, 15) is 32.7 Å². The molecule has 3 N–H and O–H groups in total. The zero-order valence-electron chi connectivity index (χ0n) is 17.3. The maximum Gasteiger partial charge on any atom is 0.276 e. The Balaban J connectivity index is 1.95. The van der Waals surface area contributed by atoms with Crippen molar-refractivity contribution in [2.75, 3.05) is 19.0 Å². The van der Waals surface area contributed by atoms with Gasteiger partial charge in [-0.3, -0.25) is 19.1 Å². The van der Waals surface area contributed by atoms with Gasteiger partial charge in [0.25, 0.3) is 11.8 Å². The van der Waals surface area contributed by atoms with Gasteiger partial charge in [0.1, 0.15) is 23.0 Å². The number of aromatic hydroxyl groups is 1. The molecule has 1 aliphatic rings. The number of pyridine rings is 1. The molecule has 0 saturated heterocycles. The van der Waals surface area contributed by atoms with Crippen molar-refractivity contribution >= 4 is 11.8 Å². The Morgan fingerprint density at radius 1 is 1.25 bits per heavy atom. The number of hydrogen-bond acceptors (Lipinski definition) is 5. The van der Waals surface area contributed by atoms with E-state index in [4.69, 9.17) is 0 Å². The molecule has 170 valence electrons. The van der Waals surface area contributed by atoms with Crippen LogP contribution in [-0.4, -0.2) is 46.1 Å². The molecular formula is C21H21F3N4O4. The molecule has 0 spiro atoms. The molecular weight excluding hydrogens is 429 g/mol. The minimum absolute atomic E-state index is 0.313. The van der Waals surface area contributed by atoms with Crippen molar-refractivity contribution in [3.8, 4) is 5.75 Å². The number of fused-ring (bicyclic) bond motifs is 1. The molecule has 8 nitrogen and oxygen atoms in total. The number of aromatic nitrogens is 1. The summed E-state index contributed by atoms with van der Waals surface area (Å²) < 4.78 is 41.7. The molecule has 2 aromatic rings. The Hall–Kier alpha value is -3.76. The van der Waals surface area contributed by atoms with Crippen LogP contribution < -0.4 is 16.2 Å². The smallest absolute Gasteiger partial charge is 0.276 e. The van der Waals surface area contributed by atoms with E-state index in [0.717, 1.165) is 10.9 Å². The van der Waals surface area contributed by atoms with E-state index in [2.05, 4.69) is 10.7 Å². The monoisotopic (exact) mass is 450 g/mol. The number of amides is 2. The second-order valence-electron chi connectivity index (χ2n) is 7.25. The Labute approximate surface area is 180 Å². The van der Waals surface area contributed by atoms with Crippen molar-refractivity contribution in [2.24, 2.45) is 0 Å². The van der Waals surface area contributed by atoms with Gasteiger partial charge in [-0.1, -0.05) is 12.2 Å². The first kappa shape index (κ1) is 22.9. The fourth-order valence-electron chi connectivity index (χ4n) is 3.14. The molecule has 2 heterocycles. The number of benzene rings is 1. The summed E-state index contributed by atoms with van der Waals surface area (Å²) in [6, 6.07) is 0.611. The van der Waals surface area contributed by atoms with Gasteiger partial charge >= 0.3 is 0 Å². The molecule has 0 saturated carbocycles. The highest BCUT2D eigenvalue weighted by atomic mass is 19.1. The summed E-state index contributed by atoms with van der Waals surface area (Å²) in [7, 11) is 1.50. The predicted molar refractivity (Wildman–Crippen MR) is 109 cm³/mol. The molecule has 11 heteroatoms. The molecule has 0 bridgehead atoms. The summed E-state index contributed by atoms with van der Waals surface area (Å²) in [5.41, 5.74) is 0.200. The van der Waals surface area contributed by atoms with Crippen molar-refractivity contribution in [1.29, 1.82) is 0 Å². The first-order valence-corrected chi connectivity index (χ1v) is 9.69. The summed E-state index contributed by atoms with van der Waals surface area (Å²) in [5.74, 6) is -6.17. The molecule has 1 atom stereocenters. The SMILES string of the molecule is CC1/C=C\CCNn2cc(C(=O)NCc3c(F)cc(F)cc3F)c(=O)c(O)c2C(=O)N1C. The Bertz CT molecular complexity index is 1140. The fourth-order valence-corrected chi connectivity index (χ4v) is 3.14. The molecule has 2 amide bonds. The highest BCUT2D eigenvalue weighted by Crippen LogP contribution is 2.18. The molecule has 0 fully saturated rings. The van der Waals surface area contributed by atoms with Crippen LogP contribution in [0.4, 0.5) is 13.2 Å². The van der Waals surface area contributed by atoms with E-state index in [1.807, 2.05) is 6.08 Å². The summed E-state index contributed by atoms with van der Waals surface area (Å²) >= 11 is 0. The summed E-state index contributed by atoms with van der Waals surface area (Å²) in [6.45, 7) is 1.41. The summed E-state index contributed by atoms with van der Waals surface area (Å²) in [4.78, 5) is 39.3. The number of nitrogens with zero attached hydrogens (tertiary/aromatic N) is 2. The minimum Gasteiger partial charge on any atom is -0.502 e. The van der Waals surface area contributed by atoms with E-state index in [1.165, 1.54) is 11.9 Å². The van der Waals surface area contributed by atoms with Gasteiger partial charge in [-0.15, -0.1) is 0 Å². The molecule has 0 radical (unpaired) electrons. The third-order valence-electron chi connectivity index (χ3n) is 5.10. The van der Waals surface area contributed by atoms with Crippen molar-refractivity contribution in [3.05, 3.63) is 75.0 Å². The number of rotatable bonds is 3. The van der Waals surface area contributed by atoms with Gasteiger partial charge in [0.2, 0.25) is 5.43 Å². The maximum absolute atomic E-state index is 13.8. The normalized spacial score (nSPS) is 17.3. The highest BCUT2D eigenvalue weighted by Gasteiger charge is 2.28. The van der Waals surface area contributed by atoms with Gasteiger partial charge in [0, 0.05) is 50.1 Å². The van der Waals surface area contributed by atoms with E-state index in [0.29, 0.717) is 25.1 Å². The average molecular weight is 450 g/mol. The zero-order chi connectivity index (χ0) is 23.6. The summed E-state index contributed by atoms with van der Waals surface area (Å²) in [5, 5.41) is 12.6. The standard InChI is InChI=1S/C21H21F3N4O4/c1-11-5-3-4-6-26-28-10-14(18(29)19(30)17(28)21(32)27(11)2)20(31)25-9-13-15(23)7-12(22)8-16(13)24/h3,5,7-8,10-11,26,30H,4,6,9H2,1-2H3,(H,25,31)/b5-3-. The summed E-state index contributed by atoms with van der Waals surface area (Å²) in [6.07, 6.45) is 5.25. The molecule has 1 aliphatic heterocycles. The maximum atomic E-state index is 13.8. The first-order valence-electron chi connectivity index (χ1n) is 9.69. The van der Waals surface area contributed by atoms with E-state index in [1.54, 1.807) is 13.0 Å². The number of likely N-dealkylation sites (N-methyl/N-ethyl adjacent to an activating group) is 1. The lowest BCUT2D eigenvalue weighted by Gasteiger charge is -2.26. The van der Waals surface area contributed by atoms with Crippen LogP contribution >= 0.6 is 0 Å². The van der Waals surface area contributed by atoms with Crippen LogP contribution in [0, 0.1) is 17.5 Å². The molecule has 3 rings (SSSR count). The topological polar surface area (TPSA) is 104 Å².